The molecular weight excluding hydrogens is 719 g/mol. The summed E-state index contributed by atoms with van der Waals surface area (Å²) in [5, 5.41) is 5.16. The highest BCUT2D eigenvalue weighted by atomic mass is 32.1. The molecule has 8 aromatic carbocycles. The molecule has 4 fully saturated rings. The van der Waals surface area contributed by atoms with Gasteiger partial charge in [-0.2, -0.15) is 0 Å². The number of hydrogen-bond donors (Lipinski definition) is 0. The number of benzene rings is 8. The Hall–Kier alpha value is -5.96. The van der Waals surface area contributed by atoms with Crippen LogP contribution in [0.2, 0.25) is 0 Å². The van der Waals surface area contributed by atoms with Crippen LogP contribution in [-0.4, -0.2) is 0 Å². The molecule has 278 valence electrons. The van der Waals surface area contributed by atoms with Crippen LogP contribution >= 0.6 is 11.3 Å². The summed E-state index contributed by atoms with van der Waals surface area (Å²) in [4.78, 5) is 2.51. The average molecular weight is 762 g/mol. The summed E-state index contributed by atoms with van der Waals surface area (Å²) >= 11 is 1.89. The molecule has 58 heavy (non-hydrogen) atoms. The SMILES string of the molecule is c1ccc(-c2ccc(N(c3ccc(-c4ccc5c(c4)-c4ccccc4C54C5CC6CC(C5)CC4C6)c4ccccc34)c3cccc4c3sc3ccccc34)cc2)cc1. The van der Waals surface area contributed by atoms with E-state index in [0.717, 1.165) is 29.4 Å². The lowest BCUT2D eigenvalue weighted by molar-refractivity contribution is -0.0399. The van der Waals surface area contributed by atoms with Crippen molar-refractivity contribution in [2.45, 2.75) is 37.5 Å². The summed E-state index contributed by atoms with van der Waals surface area (Å²) < 4.78 is 2.62. The van der Waals surface area contributed by atoms with Gasteiger partial charge >= 0.3 is 0 Å². The minimum Gasteiger partial charge on any atom is -0.308 e. The molecule has 0 unspecified atom stereocenters. The molecule has 1 aromatic heterocycles. The third kappa shape index (κ3) is 4.64. The predicted molar refractivity (Wildman–Crippen MR) is 246 cm³/mol. The van der Waals surface area contributed by atoms with Crippen LogP contribution < -0.4 is 4.90 Å². The molecule has 2 heteroatoms. The Balaban J connectivity index is 0.988. The molecule has 4 bridgehead atoms. The van der Waals surface area contributed by atoms with Gasteiger partial charge in [0.25, 0.3) is 0 Å². The van der Waals surface area contributed by atoms with Crippen molar-refractivity contribution in [2.75, 3.05) is 4.90 Å². The summed E-state index contributed by atoms with van der Waals surface area (Å²) in [6, 6.07) is 66.5. The standard InChI is InChI=1S/C56H43NS/c1-2-11-37(12-3-1)38-21-24-42(25-22-38)57(53-19-10-17-48-47-16-7-9-20-54(47)58-55(48)53)52-28-26-43(44-13-4-5-15-46(44)52)39-23-27-51-49(34-39)45-14-6-8-18-50(45)56(51)40-30-35-29-36(32-40)33-41(56)31-35/h1-28,34-36,40-41H,29-33H2. The van der Waals surface area contributed by atoms with Crippen molar-refractivity contribution >= 4 is 59.3 Å². The van der Waals surface area contributed by atoms with E-state index in [1.165, 1.54) is 108 Å². The van der Waals surface area contributed by atoms with Crippen molar-refractivity contribution < 1.29 is 0 Å². The number of hydrogen-bond acceptors (Lipinski definition) is 2. The van der Waals surface area contributed by atoms with Gasteiger partial charge in [-0.3, -0.25) is 0 Å². The minimum absolute atomic E-state index is 0.188. The first-order valence-corrected chi connectivity index (χ1v) is 22.2. The largest absolute Gasteiger partial charge is 0.308 e. The van der Waals surface area contributed by atoms with E-state index in [-0.39, 0.29) is 5.41 Å². The second kappa shape index (κ2) is 12.5. The second-order valence-corrected chi connectivity index (χ2v) is 18.7. The Morgan fingerprint density at radius 3 is 1.86 bits per heavy atom. The Morgan fingerprint density at radius 2 is 1.05 bits per heavy atom. The summed E-state index contributed by atoms with van der Waals surface area (Å²) in [5.74, 6) is 3.44. The molecule has 0 aliphatic heterocycles. The minimum atomic E-state index is 0.188. The van der Waals surface area contributed by atoms with Crippen molar-refractivity contribution in [3.63, 3.8) is 0 Å². The van der Waals surface area contributed by atoms with Crippen LogP contribution in [0, 0.1) is 23.7 Å². The Bertz CT molecular complexity index is 3050. The molecule has 0 radical (unpaired) electrons. The number of anilines is 3. The van der Waals surface area contributed by atoms with Gasteiger partial charge in [0, 0.05) is 32.0 Å². The zero-order valence-electron chi connectivity index (χ0n) is 32.4. The molecule has 0 saturated heterocycles. The van der Waals surface area contributed by atoms with Crippen molar-refractivity contribution in [3.8, 4) is 33.4 Å². The van der Waals surface area contributed by atoms with E-state index in [9.17, 15) is 0 Å². The molecule has 1 spiro atoms. The highest BCUT2D eigenvalue weighted by molar-refractivity contribution is 7.26. The molecule has 5 aliphatic carbocycles. The highest BCUT2D eigenvalue weighted by Gasteiger charge is 2.61. The van der Waals surface area contributed by atoms with Crippen LogP contribution in [0.1, 0.15) is 43.2 Å². The van der Waals surface area contributed by atoms with Gasteiger partial charge < -0.3 is 4.90 Å². The zero-order valence-corrected chi connectivity index (χ0v) is 33.3. The Kier molecular flexibility index (Phi) is 7.13. The van der Waals surface area contributed by atoms with E-state index in [4.69, 9.17) is 0 Å². The van der Waals surface area contributed by atoms with Crippen LogP contribution in [0.15, 0.2) is 176 Å². The molecule has 4 saturated carbocycles. The van der Waals surface area contributed by atoms with Gasteiger partial charge in [-0.25, -0.2) is 0 Å². The van der Waals surface area contributed by atoms with Gasteiger partial charge in [0.1, 0.15) is 0 Å². The maximum absolute atomic E-state index is 2.57. The van der Waals surface area contributed by atoms with Crippen LogP contribution in [0.3, 0.4) is 0 Å². The van der Waals surface area contributed by atoms with Gasteiger partial charge in [0.15, 0.2) is 0 Å². The lowest BCUT2D eigenvalue weighted by Gasteiger charge is -2.61. The molecule has 14 rings (SSSR count). The zero-order chi connectivity index (χ0) is 38.0. The van der Waals surface area contributed by atoms with Gasteiger partial charge in [-0.1, -0.05) is 140 Å². The monoisotopic (exact) mass is 761 g/mol. The number of rotatable bonds is 5. The van der Waals surface area contributed by atoms with Gasteiger partial charge in [0.2, 0.25) is 0 Å². The number of thiophene rings is 1. The van der Waals surface area contributed by atoms with Crippen LogP contribution in [0.25, 0.3) is 64.3 Å². The molecule has 0 atom stereocenters. The van der Waals surface area contributed by atoms with Crippen molar-refractivity contribution in [2.24, 2.45) is 23.7 Å². The van der Waals surface area contributed by atoms with Crippen molar-refractivity contribution in [1.82, 2.24) is 0 Å². The fourth-order valence-electron chi connectivity index (χ4n) is 12.8. The van der Waals surface area contributed by atoms with Gasteiger partial charge in [-0.15, -0.1) is 11.3 Å². The van der Waals surface area contributed by atoms with Crippen molar-refractivity contribution in [1.29, 1.82) is 0 Å². The van der Waals surface area contributed by atoms with E-state index >= 15 is 0 Å². The lowest BCUT2D eigenvalue weighted by atomic mass is 9.43. The van der Waals surface area contributed by atoms with E-state index in [2.05, 4.69) is 181 Å². The quantitative estimate of drug-likeness (QED) is 0.169. The average Bonchev–Trinajstić information content (AvgIpc) is 3.80. The normalized spacial score (nSPS) is 22.6. The Morgan fingerprint density at radius 1 is 0.414 bits per heavy atom. The first-order chi connectivity index (χ1) is 28.7. The fraction of sp³-hybridized carbons (Fsp3) is 0.179. The second-order valence-electron chi connectivity index (χ2n) is 17.7. The summed E-state index contributed by atoms with van der Waals surface area (Å²) in [5.41, 5.74) is 15.0. The lowest BCUT2D eigenvalue weighted by Crippen LogP contribution is -2.55. The number of nitrogens with zero attached hydrogens (tertiary/aromatic N) is 1. The van der Waals surface area contributed by atoms with Crippen LogP contribution in [0.4, 0.5) is 17.1 Å². The predicted octanol–water partition coefficient (Wildman–Crippen LogP) is 15.7. The van der Waals surface area contributed by atoms with E-state index in [1.807, 2.05) is 11.3 Å². The maximum atomic E-state index is 2.57. The third-order valence-corrected chi connectivity index (χ3v) is 16.1. The van der Waals surface area contributed by atoms with Gasteiger partial charge in [-0.05, 0) is 142 Å². The topological polar surface area (TPSA) is 3.24 Å². The number of fused-ring (bicyclic) bond motifs is 7. The molecule has 9 aromatic rings. The molecule has 0 amide bonds. The molecule has 0 N–H and O–H groups in total. The molecule has 1 nitrogen and oxygen atoms in total. The van der Waals surface area contributed by atoms with Crippen LogP contribution in [0.5, 0.6) is 0 Å². The first-order valence-electron chi connectivity index (χ1n) is 21.3. The summed E-state index contributed by atoms with van der Waals surface area (Å²) in [6.45, 7) is 0. The smallest absolute Gasteiger partial charge is 0.0640 e. The summed E-state index contributed by atoms with van der Waals surface area (Å²) in [6.07, 6.45) is 7.13. The molecular formula is C56H43NS. The van der Waals surface area contributed by atoms with Crippen LogP contribution in [-0.2, 0) is 5.41 Å². The van der Waals surface area contributed by atoms with E-state index in [1.54, 1.807) is 11.1 Å². The van der Waals surface area contributed by atoms with E-state index < -0.39 is 0 Å². The molecule has 5 aliphatic rings. The summed E-state index contributed by atoms with van der Waals surface area (Å²) in [7, 11) is 0. The third-order valence-electron chi connectivity index (χ3n) is 14.9. The maximum Gasteiger partial charge on any atom is 0.0640 e. The van der Waals surface area contributed by atoms with E-state index in [0.29, 0.717) is 0 Å². The first kappa shape index (κ1) is 33.1. The van der Waals surface area contributed by atoms with Crippen molar-refractivity contribution in [3.05, 3.63) is 187 Å². The van der Waals surface area contributed by atoms with Gasteiger partial charge in [0.05, 0.1) is 16.1 Å². The fourth-order valence-corrected chi connectivity index (χ4v) is 14.0. The molecule has 1 heterocycles. The highest BCUT2D eigenvalue weighted by Crippen LogP contribution is 2.69. The Labute approximate surface area is 344 Å².